The lowest BCUT2D eigenvalue weighted by Crippen LogP contribution is -2.36. The van der Waals surface area contributed by atoms with Gasteiger partial charge in [-0.25, -0.2) is 4.68 Å². The van der Waals surface area contributed by atoms with Crippen LogP contribution in [-0.2, 0) is 12.1 Å². The van der Waals surface area contributed by atoms with Crippen molar-refractivity contribution in [3.05, 3.63) is 41.7 Å². The number of nitrogens with zero attached hydrogens (tertiary/aromatic N) is 4. The van der Waals surface area contributed by atoms with Gasteiger partial charge in [0.05, 0.1) is 12.1 Å². The highest BCUT2D eigenvalue weighted by Gasteiger charge is 2.35. The highest BCUT2D eigenvalue weighted by Crippen LogP contribution is 2.28. The van der Waals surface area contributed by atoms with Gasteiger partial charge in [0.25, 0.3) is 0 Å². The van der Waals surface area contributed by atoms with Gasteiger partial charge in [-0.1, -0.05) is 30.3 Å². The van der Waals surface area contributed by atoms with Crippen LogP contribution in [0.25, 0.3) is 0 Å². The van der Waals surface area contributed by atoms with Crippen molar-refractivity contribution in [2.75, 3.05) is 6.54 Å². The van der Waals surface area contributed by atoms with Gasteiger partial charge in [0.1, 0.15) is 0 Å². The smallest absolute Gasteiger partial charge is 0.171 e. The fourth-order valence-electron chi connectivity index (χ4n) is 2.55. The monoisotopic (exact) mass is 243 g/mol. The molecule has 0 aliphatic carbocycles. The summed E-state index contributed by atoms with van der Waals surface area (Å²) < 4.78 is 1.90. The van der Waals surface area contributed by atoms with Crippen molar-refractivity contribution in [3.63, 3.8) is 0 Å². The van der Waals surface area contributed by atoms with E-state index in [9.17, 15) is 0 Å². The Labute approximate surface area is 106 Å². The fourth-order valence-corrected chi connectivity index (χ4v) is 2.55. The molecule has 0 bridgehead atoms. The first-order valence-corrected chi connectivity index (χ1v) is 6.33. The largest absolute Gasteiger partial charge is 0.305 e. The van der Waals surface area contributed by atoms with E-state index in [1.165, 1.54) is 12.0 Å². The average Bonchev–Trinajstić information content (AvgIpc) is 3.00. The molecule has 5 heteroatoms. The van der Waals surface area contributed by atoms with Gasteiger partial charge in [0.2, 0.25) is 0 Å². The molecule has 1 aromatic heterocycles. The molecular formula is C13H17N5. The van der Waals surface area contributed by atoms with Crippen LogP contribution in [0.1, 0.15) is 31.2 Å². The maximum atomic E-state index is 4.21. The van der Waals surface area contributed by atoms with E-state index < -0.39 is 0 Å². The summed E-state index contributed by atoms with van der Waals surface area (Å²) in [7, 11) is 0. The van der Waals surface area contributed by atoms with Crippen LogP contribution < -0.4 is 5.32 Å². The Morgan fingerprint density at radius 1 is 1.33 bits per heavy atom. The van der Waals surface area contributed by atoms with E-state index in [2.05, 4.69) is 39.9 Å². The maximum Gasteiger partial charge on any atom is 0.171 e. The van der Waals surface area contributed by atoms with Crippen LogP contribution in [0.4, 0.5) is 0 Å². The Morgan fingerprint density at radius 2 is 2.17 bits per heavy atom. The zero-order valence-corrected chi connectivity index (χ0v) is 10.5. The van der Waals surface area contributed by atoms with Gasteiger partial charge in [-0.2, -0.15) is 0 Å². The maximum absolute atomic E-state index is 4.21. The molecule has 2 heterocycles. The van der Waals surface area contributed by atoms with Crippen LogP contribution in [-0.4, -0.2) is 26.8 Å². The number of rotatable bonds is 3. The van der Waals surface area contributed by atoms with Gasteiger partial charge in [0.15, 0.2) is 5.82 Å². The first kappa shape index (κ1) is 11.3. The predicted molar refractivity (Wildman–Crippen MR) is 67.9 cm³/mol. The van der Waals surface area contributed by atoms with Crippen molar-refractivity contribution in [1.82, 2.24) is 25.5 Å². The zero-order chi connectivity index (χ0) is 12.4. The Kier molecular flexibility index (Phi) is 2.83. The number of aromatic nitrogens is 4. The first-order chi connectivity index (χ1) is 8.78. The summed E-state index contributed by atoms with van der Waals surface area (Å²) >= 11 is 0. The molecule has 1 fully saturated rings. The van der Waals surface area contributed by atoms with Crippen LogP contribution in [0.5, 0.6) is 0 Å². The Bertz CT molecular complexity index is 513. The number of hydrogen-bond acceptors (Lipinski definition) is 4. The molecule has 1 aliphatic heterocycles. The third kappa shape index (κ3) is 2.01. The molecule has 1 aromatic carbocycles. The summed E-state index contributed by atoms with van der Waals surface area (Å²) in [5, 5.41) is 15.7. The van der Waals surface area contributed by atoms with Crippen molar-refractivity contribution in [2.45, 2.75) is 31.8 Å². The number of hydrogen-bond donors (Lipinski definition) is 1. The third-order valence-electron chi connectivity index (χ3n) is 3.57. The molecule has 2 aromatic rings. The second-order valence-corrected chi connectivity index (χ2v) is 5.01. The minimum absolute atomic E-state index is 0.0850. The second kappa shape index (κ2) is 4.49. The molecule has 0 spiro atoms. The Morgan fingerprint density at radius 3 is 2.89 bits per heavy atom. The minimum Gasteiger partial charge on any atom is -0.305 e. The van der Waals surface area contributed by atoms with Crippen molar-refractivity contribution in [2.24, 2.45) is 0 Å². The third-order valence-corrected chi connectivity index (χ3v) is 3.57. The first-order valence-electron chi connectivity index (χ1n) is 6.33. The van der Waals surface area contributed by atoms with Gasteiger partial charge in [-0.05, 0) is 42.3 Å². The van der Waals surface area contributed by atoms with E-state index in [0.717, 1.165) is 25.3 Å². The van der Waals surface area contributed by atoms with E-state index >= 15 is 0 Å². The van der Waals surface area contributed by atoms with E-state index in [1.54, 1.807) is 0 Å². The van der Waals surface area contributed by atoms with Crippen LogP contribution in [0.15, 0.2) is 30.3 Å². The minimum atomic E-state index is -0.0850. The van der Waals surface area contributed by atoms with E-state index in [4.69, 9.17) is 0 Å². The summed E-state index contributed by atoms with van der Waals surface area (Å²) in [6.45, 7) is 3.93. The summed E-state index contributed by atoms with van der Waals surface area (Å²) in [5.74, 6) is 0.934. The van der Waals surface area contributed by atoms with Crippen molar-refractivity contribution < 1.29 is 0 Å². The zero-order valence-electron chi connectivity index (χ0n) is 10.5. The van der Waals surface area contributed by atoms with Crippen molar-refractivity contribution in [1.29, 1.82) is 0 Å². The average molecular weight is 243 g/mol. The SMILES string of the molecule is CC1(c2nnnn2Cc2ccccc2)CCCN1. The highest BCUT2D eigenvalue weighted by atomic mass is 15.5. The molecule has 1 saturated heterocycles. The lowest BCUT2D eigenvalue weighted by Gasteiger charge is -2.22. The molecule has 1 N–H and O–H groups in total. The summed E-state index contributed by atoms with van der Waals surface area (Å²) in [4.78, 5) is 0. The Balaban J connectivity index is 1.88. The quantitative estimate of drug-likeness (QED) is 0.883. The van der Waals surface area contributed by atoms with E-state index in [0.29, 0.717) is 0 Å². The molecule has 1 aliphatic rings. The van der Waals surface area contributed by atoms with Crippen LogP contribution in [0.3, 0.4) is 0 Å². The second-order valence-electron chi connectivity index (χ2n) is 5.01. The van der Waals surface area contributed by atoms with Gasteiger partial charge in [-0.15, -0.1) is 5.10 Å². The van der Waals surface area contributed by atoms with Gasteiger partial charge < -0.3 is 5.32 Å². The van der Waals surface area contributed by atoms with E-state index in [1.807, 2.05) is 22.9 Å². The summed E-state index contributed by atoms with van der Waals surface area (Å²) in [6.07, 6.45) is 2.26. The predicted octanol–water partition coefficient (Wildman–Crippen LogP) is 1.32. The van der Waals surface area contributed by atoms with Crippen LogP contribution >= 0.6 is 0 Å². The summed E-state index contributed by atoms with van der Waals surface area (Å²) in [6, 6.07) is 10.3. The van der Waals surface area contributed by atoms with Gasteiger partial charge in [0, 0.05) is 0 Å². The molecule has 1 unspecified atom stereocenters. The number of benzene rings is 1. The van der Waals surface area contributed by atoms with Crippen LogP contribution in [0, 0.1) is 0 Å². The molecule has 0 radical (unpaired) electrons. The molecule has 18 heavy (non-hydrogen) atoms. The van der Waals surface area contributed by atoms with Crippen molar-refractivity contribution in [3.8, 4) is 0 Å². The topological polar surface area (TPSA) is 55.6 Å². The fraction of sp³-hybridized carbons (Fsp3) is 0.462. The normalized spacial score (nSPS) is 23.4. The molecule has 0 saturated carbocycles. The van der Waals surface area contributed by atoms with Gasteiger partial charge in [-0.3, -0.25) is 0 Å². The molecule has 0 amide bonds. The standard InChI is InChI=1S/C13H17N5/c1-13(8-5-9-14-13)12-15-16-17-18(12)10-11-6-3-2-4-7-11/h2-4,6-7,14H,5,8-10H2,1H3. The van der Waals surface area contributed by atoms with E-state index in [-0.39, 0.29) is 5.54 Å². The number of nitrogens with one attached hydrogen (secondary N) is 1. The molecule has 1 atom stereocenters. The molecular weight excluding hydrogens is 226 g/mol. The lowest BCUT2D eigenvalue weighted by atomic mass is 9.99. The number of tetrazole rings is 1. The molecule has 94 valence electrons. The van der Waals surface area contributed by atoms with Crippen LogP contribution in [0.2, 0.25) is 0 Å². The molecule has 3 rings (SSSR count). The lowest BCUT2D eigenvalue weighted by molar-refractivity contribution is 0.382. The highest BCUT2D eigenvalue weighted by molar-refractivity contribution is 5.16. The van der Waals surface area contributed by atoms with Gasteiger partial charge >= 0.3 is 0 Å². The molecule has 5 nitrogen and oxygen atoms in total. The Hall–Kier alpha value is -1.75. The van der Waals surface area contributed by atoms with Crippen molar-refractivity contribution >= 4 is 0 Å². The summed E-state index contributed by atoms with van der Waals surface area (Å²) in [5.41, 5.74) is 1.13.